The van der Waals surface area contributed by atoms with E-state index < -0.39 is 0 Å². The van der Waals surface area contributed by atoms with E-state index in [9.17, 15) is 0 Å². The summed E-state index contributed by atoms with van der Waals surface area (Å²) in [6.07, 6.45) is 0. The number of rotatable bonds is 3. The van der Waals surface area contributed by atoms with Crippen LogP contribution in [0.1, 0.15) is 0 Å². The monoisotopic (exact) mass is 156 g/mol. The fourth-order valence-corrected chi connectivity index (χ4v) is 1.78. The molecule has 2 saturated heterocycles. The second kappa shape index (κ2) is 3.09. The van der Waals surface area contributed by atoms with E-state index in [1.54, 1.807) is 0 Å². The minimum absolute atomic E-state index is 0.374. The van der Waals surface area contributed by atoms with Gasteiger partial charge in [0.2, 0.25) is 0 Å². The van der Waals surface area contributed by atoms with Gasteiger partial charge < -0.3 is 15.3 Å². The Balaban J connectivity index is 1.59. The number of aliphatic hydroxyl groups is 1. The molecule has 0 unspecified atom stereocenters. The van der Waals surface area contributed by atoms with Gasteiger partial charge in [-0.15, -0.1) is 0 Å². The highest BCUT2D eigenvalue weighted by atomic mass is 16.3. The van der Waals surface area contributed by atoms with Gasteiger partial charge >= 0.3 is 0 Å². The first-order chi connectivity index (χ1) is 5.38. The average molecular weight is 156 g/mol. The molecule has 0 aliphatic carbocycles. The van der Waals surface area contributed by atoms with Crippen molar-refractivity contribution in [2.45, 2.75) is 0 Å². The normalized spacial score (nSPS) is 28.1. The molecule has 0 bridgehead atoms. The fraction of sp³-hybridized carbons (Fsp3) is 1.00. The van der Waals surface area contributed by atoms with E-state index in [0.717, 1.165) is 19.0 Å². The van der Waals surface area contributed by atoms with Gasteiger partial charge in [-0.2, -0.15) is 0 Å². The number of hydrogen-bond donors (Lipinski definition) is 2. The van der Waals surface area contributed by atoms with Crippen LogP contribution in [-0.4, -0.2) is 49.3 Å². The van der Waals surface area contributed by atoms with Gasteiger partial charge in [0.1, 0.15) is 0 Å². The van der Waals surface area contributed by atoms with Crippen molar-refractivity contribution in [1.82, 2.24) is 10.2 Å². The highest BCUT2D eigenvalue weighted by molar-refractivity contribution is 4.84. The Kier molecular flexibility index (Phi) is 2.11. The summed E-state index contributed by atoms with van der Waals surface area (Å²) in [5.74, 6) is 1.46. The van der Waals surface area contributed by atoms with E-state index >= 15 is 0 Å². The molecule has 11 heavy (non-hydrogen) atoms. The van der Waals surface area contributed by atoms with Crippen molar-refractivity contribution < 1.29 is 5.11 Å². The Morgan fingerprint density at radius 1 is 1.27 bits per heavy atom. The number of nitrogens with one attached hydrogen (secondary N) is 1. The molecule has 3 heteroatoms. The second-order valence-corrected chi connectivity index (χ2v) is 3.79. The van der Waals surface area contributed by atoms with Gasteiger partial charge in [0.15, 0.2) is 0 Å². The highest BCUT2D eigenvalue weighted by Crippen LogP contribution is 2.17. The van der Waals surface area contributed by atoms with Gasteiger partial charge in [-0.1, -0.05) is 0 Å². The van der Waals surface area contributed by atoms with Gasteiger partial charge in [0.05, 0.1) is 0 Å². The van der Waals surface area contributed by atoms with Crippen LogP contribution in [0.15, 0.2) is 0 Å². The van der Waals surface area contributed by atoms with Crippen LogP contribution in [0.25, 0.3) is 0 Å². The third kappa shape index (κ3) is 1.55. The van der Waals surface area contributed by atoms with Crippen molar-refractivity contribution in [3.05, 3.63) is 0 Å². The van der Waals surface area contributed by atoms with E-state index in [1.165, 1.54) is 19.6 Å². The summed E-state index contributed by atoms with van der Waals surface area (Å²) in [5, 5.41) is 12.0. The summed E-state index contributed by atoms with van der Waals surface area (Å²) in [7, 11) is 0. The lowest BCUT2D eigenvalue weighted by Crippen LogP contribution is -2.55. The molecule has 2 aliphatic heterocycles. The molecule has 0 radical (unpaired) electrons. The van der Waals surface area contributed by atoms with Crippen molar-refractivity contribution in [2.24, 2.45) is 11.8 Å². The largest absolute Gasteiger partial charge is 0.396 e. The summed E-state index contributed by atoms with van der Waals surface area (Å²) in [5.41, 5.74) is 0. The lowest BCUT2D eigenvalue weighted by atomic mass is 9.96. The molecular formula is C8H16N2O. The van der Waals surface area contributed by atoms with Crippen molar-refractivity contribution in [2.75, 3.05) is 39.3 Å². The van der Waals surface area contributed by atoms with E-state index in [-0.39, 0.29) is 0 Å². The standard InChI is InChI=1S/C8H16N2O/c11-6-8-4-10(5-8)3-7-1-9-2-7/h7-9,11H,1-6H2. The molecule has 0 aromatic carbocycles. The third-order valence-corrected chi connectivity index (χ3v) is 2.67. The van der Waals surface area contributed by atoms with Crippen LogP contribution in [0.5, 0.6) is 0 Å². The minimum atomic E-state index is 0.374. The Morgan fingerprint density at radius 2 is 2.00 bits per heavy atom. The minimum Gasteiger partial charge on any atom is -0.396 e. The molecule has 2 fully saturated rings. The first-order valence-corrected chi connectivity index (χ1v) is 4.42. The van der Waals surface area contributed by atoms with E-state index in [1.807, 2.05) is 0 Å². The average Bonchev–Trinajstić information content (AvgIpc) is 1.81. The van der Waals surface area contributed by atoms with Gasteiger partial charge in [-0.05, 0) is 5.92 Å². The van der Waals surface area contributed by atoms with E-state index in [4.69, 9.17) is 5.11 Å². The molecule has 2 heterocycles. The first kappa shape index (κ1) is 7.53. The maximum atomic E-state index is 8.77. The summed E-state index contributed by atoms with van der Waals surface area (Å²) in [6, 6.07) is 0. The van der Waals surface area contributed by atoms with Crippen molar-refractivity contribution in [3.8, 4) is 0 Å². The highest BCUT2D eigenvalue weighted by Gasteiger charge is 2.29. The van der Waals surface area contributed by atoms with Crippen LogP contribution >= 0.6 is 0 Å². The SMILES string of the molecule is OCC1CN(CC2CNC2)C1. The molecule has 3 nitrogen and oxygen atoms in total. The topological polar surface area (TPSA) is 35.5 Å². The molecule has 0 spiro atoms. The molecule has 0 aromatic rings. The first-order valence-electron chi connectivity index (χ1n) is 4.42. The lowest BCUT2D eigenvalue weighted by molar-refractivity contribution is 0.0347. The molecule has 64 valence electrons. The molecule has 0 aromatic heterocycles. The number of nitrogens with zero attached hydrogens (tertiary/aromatic N) is 1. The zero-order valence-corrected chi connectivity index (χ0v) is 6.79. The fourth-order valence-electron chi connectivity index (χ4n) is 1.78. The van der Waals surface area contributed by atoms with Crippen LogP contribution < -0.4 is 5.32 Å². The predicted octanol–water partition coefficient (Wildman–Crippen LogP) is -0.870. The zero-order valence-electron chi connectivity index (χ0n) is 6.79. The number of aliphatic hydroxyl groups excluding tert-OH is 1. The summed E-state index contributed by atoms with van der Waals surface area (Å²) < 4.78 is 0. The Hall–Kier alpha value is -0.120. The van der Waals surface area contributed by atoms with Crippen molar-refractivity contribution in [3.63, 3.8) is 0 Å². The van der Waals surface area contributed by atoms with Gasteiger partial charge in [-0.25, -0.2) is 0 Å². The van der Waals surface area contributed by atoms with E-state index in [0.29, 0.717) is 12.5 Å². The predicted molar refractivity (Wildman–Crippen MR) is 43.4 cm³/mol. The van der Waals surface area contributed by atoms with Gasteiger partial charge in [0, 0.05) is 45.2 Å². The smallest absolute Gasteiger partial charge is 0.0483 e. The molecule has 0 saturated carbocycles. The summed E-state index contributed by atoms with van der Waals surface area (Å²) in [4.78, 5) is 2.44. The quantitative estimate of drug-likeness (QED) is 0.557. The molecular weight excluding hydrogens is 140 g/mol. The number of hydrogen-bond acceptors (Lipinski definition) is 3. The van der Waals surface area contributed by atoms with Crippen LogP contribution in [0.2, 0.25) is 0 Å². The lowest BCUT2D eigenvalue weighted by Gasteiger charge is -2.42. The third-order valence-electron chi connectivity index (χ3n) is 2.67. The summed E-state index contributed by atoms with van der Waals surface area (Å²) in [6.45, 7) is 6.24. The molecule has 2 N–H and O–H groups in total. The van der Waals surface area contributed by atoms with Crippen LogP contribution in [0, 0.1) is 11.8 Å². The molecule has 0 amide bonds. The van der Waals surface area contributed by atoms with Crippen LogP contribution in [0.3, 0.4) is 0 Å². The maximum absolute atomic E-state index is 8.77. The van der Waals surface area contributed by atoms with Gasteiger partial charge in [-0.3, -0.25) is 0 Å². The van der Waals surface area contributed by atoms with Crippen molar-refractivity contribution >= 4 is 0 Å². The van der Waals surface area contributed by atoms with E-state index in [2.05, 4.69) is 10.2 Å². The molecule has 2 rings (SSSR count). The Bertz CT molecular complexity index is 130. The van der Waals surface area contributed by atoms with Crippen LogP contribution in [0.4, 0.5) is 0 Å². The second-order valence-electron chi connectivity index (χ2n) is 3.79. The summed E-state index contributed by atoms with van der Waals surface area (Å²) >= 11 is 0. The number of likely N-dealkylation sites (tertiary alicyclic amines) is 1. The van der Waals surface area contributed by atoms with Gasteiger partial charge in [0.25, 0.3) is 0 Å². The molecule has 2 aliphatic rings. The molecule has 0 atom stereocenters. The zero-order chi connectivity index (χ0) is 7.68. The Labute approximate surface area is 67.4 Å². The van der Waals surface area contributed by atoms with Crippen molar-refractivity contribution in [1.29, 1.82) is 0 Å². The maximum Gasteiger partial charge on any atom is 0.0483 e. The Morgan fingerprint density at radius 3 is 2.45 bits per heavy atom. The van der Waals surface area contributed by atoms with Crippen LogP contribution in [-0.2, 0) is 0 Å².